The van der Waals surface area contributed by atoms with Gasteiger partial charge in [-0.2, -0.15) is 0 Å². The Labute approximate surface area is 142 Å². The van der Waals surface area contributed by atoms with Crippen molar-refractivity contribution < 1.29 is 19.1 Å². The third-order valence-corrected chi connectivity index (χ3v) is 3.80. The molecule has 0 heterocycles. The van der Waals surface area contributed by atoms with Crippen molar-refractivity contribution in [3.63, 3.8) is 0 Å². The molecule has 0 atom stereocenters. The molecule has 24 heavy (non-hydrogen) atoms. The maximum Gasteiger partial charge on any atom is 0.343 e. The molecule has 2 rings (SSSR count). The summed E-state index contributed by atoms with van der Waals surface area (Å²) < 4.78 is 10.1. The first-order chi connectivity index (χ1) is 11.2. The van der Waals surface area contributed by atoms with Crippen LogP contribution in [0.3, 0.4) is 0 Å². The van der Waals surface area contributed by atoms with Crippen molar-refractivity contribution in [3.05, 3.63) is 64.7 Å². The molecule has 4 nitrogen and oxygen atoms in total. The maximum atomic E-state index is 12.3. The fourth-order valence-electron chi connectivity index (χ4n) is 2.22. The molecule has 0 amide bonds. The van der Waals surface area contributed by atoms with E-state index in [2.05, 4.69) is 25.5 Å². The molecular weight excluding hydrogens is 304 g/mol. The van der Waals surface area contributed by atoms with Gasteiger partial charge in [-0.3, -0.25) is 0 Å². The van der Waals surface area contributed by atoms with Crippen LogP contribution in [0.1, 0.15) is 52.6 Å². The second-order valence-corrected chi connectivity index (χ2v) is 6.69. The largest absolute Gasteiger partial charge is 0.465 e. The van der Waals surface area contributed by atoms with Gasteiger partial charge in [-0.15, -0.1) is 0 Å². The van der Waals surface area contributed by atoms with Crippen molar-refractivity contribution in [2.24, 2.45) is 0 Å². The highest BCUT2D eigenvalue weighted by Gasteiger charge is 2.16. The van der Waals surface area contributed by atoms with Crippen LogP contribution < -0.4 is 4.74 Å². The molecule has 126 valence electrons. The quantitative estimate of drug-likeness (QED) is 0.623. The molecule has 4 heteroatoms. The summed E-state index contributed by atoms with van der Waals surface area (Å²) in [5, 5.41) is 0. The molecule has 0 N–H and O–H groups in total. The summed E-state index contributed by atoms with van der Waals surface area (Å²) in [4.78, 5) is 23.9. The number of aryl methyl sites for hydroxylation is 1. The summed E-state index contributed by atoms with van der Waals surface area (Å²) in [6.07, 6.45) is 0. The Morgan fingerprint density at radius 1 is 0.875 bits per heavy atom. The highest BCUT2D eigenvalue weighted by molar-refractivity contribution is 5.93. The lowest BCUT2D eigenvalue weighted by atomic mass is 9.87. The Hall–Kier alpha value is -2.62. The smallest absolute Gasteiger partial charge is 0.343 e. The lowest BCUT2D eigenvalue weighted by Gasteiger charge is -2.19. The van der Waals surface area contributed by atoms with E-state index in [-0.39, 0.29) is 5.41 Å². The van der Waals surface area contributed by atoms with Crippen LogP contribution in [0.2, 0.25) is 0 Å². The summed E-state index contributed by atoms with van der Waals surface area (Å²) >= 11 is 0. The van der Waals surface area contributed by atoms with E-state index in [0.717, 1.165) is 11.1 Å². The van der Waals surface area contributed by atoms with Gasteiger partial charge in [0.25, 0.3) is 0 Å². The molecule has 0 fully saturated rings. The van der Waals surface area contributed by atoms with Crippen LogP contribution in [0.4, 0.5) is 0 Å². The van der Waals surface area contributed by atoms with Crippen molar-refractivity contribution in [1.82, 2.24) is 0 Å². The van der Waals surface area contributed by atoms with Crippen molar-refractivity contribution in [2.75, 3.05) is 7.11 Å². The molecule has 2 aromatic carbocycles. The average Bonchev–Trinajstić information content (AvgIpc) is 2.55. The van der Waals surface area contributed by atoms with Gasteiger partial charge in [0.1, 0.15) is 5.75 Å². The summed E-state index contributed by atoms with van der Waals surface area (Å²) in [7, 11) is 1.31. The molecule has 0 aromatic heterocycles. The fraction of sp³-hybridized carbons (Fsp3) is 0.300. The molecule has 0 aliphatic carbocycles. The van der Waals surface area contributed by atoms with E-state index in [1.807, 2.05) is 19.1 Å². The Bertz CT molecular complexity index is 752. The van der Waals surface area contributed by atoms with E-state index < -0.39 is 11.9 Å². The second kappa shape index (κ2) is 6.87. The van der Waals surface area contributed by atoms with Gasteiger partial charge in [-0.1, -0.05) is 39.0 Å². The zero-order chi connectivity index (χ0) is 17.9. The predicted octanol–water partition coefficient (Wildman–Crippen LogP) is 4.30. The van der Waals surface area contributed by atoms with E-state index in [0.29, 0.717) is 16.9 Å². The number of hydrogen-bond acceptors (Lipinski definition) is 4. The number of methoxy groups -OCH3 is 1. The first kappa shape index (κ1) is 17.7. The number of benzene rings is 2. The van der Waals surface area contributed by atoms with Crippen molar-refractivity contribution >= 4 is 11.9 Å². The van der Waals surface area contributed by atoms with Gasteiger partial charge in [-0.25, -0.2) is 9.59 Å². The van der Waals surface area contributed by atoms with Crippen LogP contribution in [-0.4, -0.2) is 19.0 Å². The number of ether oxygens (including phenoxy) is 2. The monoisotopic (exact) mass is 326 g/mol. The third kappa shape index (κ3) is 4.02. The molecule has 0 aliphatic heterocycles. The summed E-state index contributed by atoms with van der Waals surface area (Å²) in [6.45, 7) is 8.15. The Morgan fingerprint density at radius 3 is 2.00 bits per heavy atom. The van der Waals surface area contributed by atoms with E-state index in [9.17, 15) is 9.59 Å². The number of rotatable bonds is 3. The van der Waals surface area contributed by atoms with Gasteiger partial charge < -0.3 is 9.47 Å². The van der Waals surface area contributed by atoms with E-state index in [1.165, 1.54) is 13.2 Å². The van der Waals surface area contributed by atoms with Gasteiger partial charge in [0, 0.05) is 0 Å². The predicted molar refractivity (Wildman–Crippen MR) is 92.6 cm³/mol. The second-order valence-electron chi connectivity index (χ2n) is 6.69. The van der Waals surface area contributed by atoms with Crippen LogP contribution in [0.25, 0.3) is 0 Å². The van der Waals surface area contributed by atoms with Crippen LogP contribution >= 0.6 is 0 Å². The van der Waals surface area contributed by atoms with Crippen molar-refractivity contribution in [2.45, 2.75) is 33.1 Å². The standard InChI is InChI=1S/C20H22O4/c1-13-6-7-15(18(21)23-5)12-17(13)24-19(22)14-8-10-16(11-9-14)20(2,3)4/h6-12H,1-5H3. The summed E-state index contributed by atoms with van der Waals surface area (Å²) in [5.41, 5.74) is 2.73. The zero-order valence-electron chi connectivity index (χ0n) is 14.7. The molecule has 0 saturated carbocycles. The van der Waals surface area contributed by atoms with Gasteiger partial charge in [0.2, 0.25) is 0 Å². The lowest BCUT2D eigenvalue weighted by Crippen LogP contribution is -2.13. The van der Waals surface area contributed by atoms with Crippen LogP contribution in [-0.2, 0) is 10.2 Å². The Balaban J connectivity index is 2.22. The molecule has 0 bridgehead atoms. The first-order valence-corrected chi connectivity index (χ1v) is 7.74. The fourth-order valence-corrected chi connectivity index (χ4v) is 2.22. The Kier molecular flexibility index (Phi) is 5.07. The normalized spacial score (nSPS) is 11.0. The topological polar surface area (TPSA) is 52.6 Å². The Morgan fingerprint density at radius 2 is 1.46 bits per heavy atom. The molecule has 0 saturated heterocycles. The van der Waals surface area contributed by atoms with Gasteiger partial charge in [-0.05, 0) is 47.7 Å². The van der Waals surface area contributed by atoms with Crippen molar-refractivity contribution in [1.29, 1.82) is 0 Å². The van der Waals surface area contributed by atoms with Gasteiger partial charge in [0.15, 0.2) is 0 Å². The molecule has 0 spiro atoms. The van der Waals surface area contributed by atoms with Crippen LogP contribution in [0.5, 0.6) is 5.75 Å². The highest BCUT2D eigenvalue weighted by Crippen LogP contribution is 2.24. The minimum Gasteiger partial charge on any atom is -0.465 e. The van der Waals surface area contributed by atoms with Gasteiger partial charge in [0.05, 0.1) is 18.2 Å². The SMILES string of the molecule is COC(=O)c1ccc(C)c(OC(=O)c2ccc(C(C)(C)C)cc2)c1. The van der Waals surface area contributed by atoms with E-state index in [4.69, 9.17) is 4.74 Å². The summed E-state index contributed by atoms with van der Waals surface area (Å²) in [5.74, 6) is -0.579. The molecule has 2 aromatic rings. The summed E-state index contributed by atoms with van der Waals surface area (Å²) in [6, 6.07) is 12.2. The average molecular weight is 326 g/mol. The van der Waals surface area contributed by atoms with Crippen molar-refractivity contribution in [3.8, 4) is 5.75 Å². The first-order valence-electron chi connectivity index (χ1n) is 7.74. The minimum atomic E-state index is -0.471. The number of hydrogen-bond donors (Lipinski definition) is 0. The zero-order valence-corrected chi connectivity index (χ0v) is 14.7. The molecule has 0 aliphatic rings. The third-order valence-electron chi connectivity index (χ3n) is 3.80. The van der Waals surface area contributed by atoms with E-state index >= 15 is 0 Å². The number of carbonyl (C=O) groups is 2. The number of esters is 2. The minimum absolute atomic E-state index is 0.0217. The highest BCUT2D eigenvalue weighted by atomic mass is 16.5. The molecule has 0 radical (unpaired) electrons. The van der Waals surface area contributed by atoms with Crippen LogP contribution in [0.15, 0.2) is 42.5 Å². The maximum absolute atomic E-state index is 12.3. The number of carbonyl (C=O) groups excluding carboxylic acids is 2. The van der Waals surface area contributed by atoms with E-state index in [1.54, 1.807) is 24.3 Å². The molecule has 0 unspecified atom stereocenters. The van der Waals surface area contributed by atoms with Gasteiger partial charge >= 0.3 is 11.9 Å². The lowest BCUT2D eigenvalue weighted by molar-refractivity contribution is 0.0597. The van der Waals surface area contributed by atoms with Crippen LogP contribution in [0, 0.1) is 6.92 Å². The molecular formula is C20H22O4.